The van der Waals surface area contributed by atoms with Crippen molar-refractivity contribution in [2.75, 3.05) is 30.9 Å². The van der Waals surface area contributed by atoms with Crippen LogP contribution in [0.3, 0.4) is 0 Å². The lowest BCUT2D eigenvalue weighted by atomic mass is 9.73. The van der Waals surface area contributed by atoms with Gasteiger partial charge in [-0.05, 0) is 65.4 Å². The van der Waals surface area contributed by atoms with Gasteiger partial charge in [0.15, 0.2) is 0 Å². The lowest BCUT2D eigenvalue weighted by Gasteiger charge is -2.32. The van der Waals surface area contributed by atoms with Crippen LogP contribution in [-0.2, 0) is 10.8 Å². The molecule has 0 saturated heterocycles. The number of aryl methyl sites for hydroxylation is 2. The number of allylic oxidation sites excluding steroid dienone is 7. The summed E-state index contributed by atoms with van der Waals surface area (Å²) in [6.45, 7) is 32.5. The number of anilines is 2. The third kappa shape index (κ3) is 10.1. The van der Waals surface area contributed by atoms with Crippen molar-refractivity contribution in [1.29, 1.82) is 0 Å². The molecule has 0 heterocycles. The molecular formula is C43H58N2. The first kappa shape index (κ1) is 38.7. The number of rotatable bonds is 11. The Morgan fingerprint density at radius 2 is 1.07 bits per heavy atom. The first-order valence-corrected chi connectivity index (χ1v) is 15.8. The maximum absolute atomic E-state index is 4.16. The van der Waals surface area contributed by atoms with E-state index in [1.807, 2.05) is 45.2 Å². The average molecular weight is 603 g/mol. The van der Waals surface area contributed by atoms with Crippen molar-refractivity contribution in [3.63, 3.8) is 0 Å². The minimum Gasteiger partial charge on any atom is -0.377 e. The molecule has 0 unspecified atom stereocenters. The highest BCUT2D eigenvalue weighted by Gasteiger charge is 2.28. The molecule has 2 nitrogen and oxygen atoms in total. The Morgan fingerprint density at radius 1 is 0.622 bits per heavy atom. The van der Waals surface area contributed by atoms with Gasteiger partial charge >= 0.3 is 0 Å². The van der Waals surface area contributed by atoms with Crippen LogP contribution in [0.1, 0.15) is 74.9 Å². The van der Waals surface area contributed by atoms with E-state index in [1.54, 1.807) is 18.2 Å². The number of hydrogen-bond acceptors (Lipinski definition) is 2. The topological polar surface area (TPSA) is 6.48 Å². The first-order chi connectivity index (χ1) is 21.2. The zero-order valence-corrected chi connectivity index (χ0v) is 30.0. The monoisotopic (exact) mass is 602 g/mol. The second-order valence-corrected chi connectivity index (χ2v) is 12.2. The molecule has 0 fully saturated rings. The summed E-state index contributed by atoms with van der Waals surface area (Å²) < 4.78 is 0. The highest BCUT2D eigenvalue weighted by atomic mass is 15.1. The fourth-order valence-corrected chi connectivity index (χ4v) is 5.37. The van der Waals surface area contributed by atoms with Crippen molar-refractivity contribution in [3.8, 4) is 0 Å². The van der Waals surface area contributed by atoms with E-state index >= 15 is 0 Å². The molecule has 3 rings (SSSR count). The Balaban J connectivity index is 0.00000113. The lowest BCUT2D eigenvalue weighted by molar-refractivity contribution is 0.617. The van der Waals surface area contributed by atoms with Gasteiger partial charge in [-0.15, -0.1) is 0 Å². The Morgan fingerprint density at radius 3 is 1.49 bits per heavy atom. The molecule has 0 N–H and O–H groups in total. The molecule has 0 amide bonds. The number of benzene rings is 3. The van der Waals surface area contributed by atoms with Crippen molar-refractivity contribution < 1.29 is 0 Å². The van der Waals surface area contributed by atoms with E-state index in [-0.39, 0.29) is 10.8 Å². The van der Waals surface area contributed by atoms with E-state index in [4.69, 9.17) is 0 Å². The molecule has 0 aromatic heterocycles. The molecule has 0 spiro atoms. The van der Waals surface area contributed by atoms with Gasteiger partial charge in [0.1, 0.15) is 0 Å². The van der Waals surface area contributed by atoms with Crippen LogP contribution in [0.4, 0.5) is 11.4 Å². The molecule has 3 aromatic rings. The van der Waals surface area contributed by atoms with Crippen LogP contribution in [0.5, 0.6) is 0 Å². The summed E-state index contributed by atoms with van der Waals surface area (Å²) in [4.78, 5) is 4.30. The largest absolute Gasteiger partial charge is 0.377 e. The van der Waals surface area contributed by atoms with Gasteiger partial charge in [0.05, 0.1) is 0 Å². The van der Waals surface area contributed by atoms with Crippen molar-refractivity contribution in [1.82, 2.24) is 0 Å². The minimum atomic E-state index is -0.135. The fraction of sp³-hybridized carbons (Fsp3) is 0.302. The van der Waals surface area contributed by atoms with Gasteiger partial charge in [0.2, 0.25) is 0 Å². The Hall–Kier alpha value is -4.30. The smallest absolute Gasteiger partial charge is 0.0420 e. The van der Waals surface area contributed by atoms with Crippen LogP contribution in [0, 0.1) is 13.8 Å². The van der Waals surface area contributed by atoms with Crippen molar-refractivity contribution in [2.24, 2.45) is 0 Å². The highest BCUT2D eigenvalue weighted by molar-refractivity contribution is 5.61. The van der Waals surface area contributed by atoms with E-state index in [0.29, 0.717) is 0 Å². The van der Waals surface area contributed by atoms with Gasteiger partial charge < -0.3 is 9.80 Å². The third-order valence-electron chi connectivity index (χ3n) is 8.18. The van der Waals surface area contributed by atoms with Gasteiger partial charge in [-0.25, -0.2) is 0 Å². The molecule has 45 heavy (non-hydrogen) atoms. The highest BCUT2D eigenvalue weighted by Crippen LogP contribution is 2.39. The molecule has 0 atom stereocenters. The van der Waals surface area contributed by atoms with E-state index in [2.05, 4.69) is 152 Å². The van der Waals surface area contributed by atoms with Gasteiger partial charge in [-0.3, -0.25) is 0 Å². The van der Waals surface area contributed by atoms with Gasteiger partial charge in [0.25, 0.3) is 0 Å². The quantitative estimate of drug-likeness (QED) is 0.201. The molecule has 0 aliphatic carbocycles. The minimum absolute atomic E-state index is 0.113. The average Bonchev–Trinajstić information content (AvgIpc) is 3.03. The lowest BCUT2D eigenvalue weighted by Crippen LogP contribution is -2.23. The van der Waals surface area contributed by atoms with E-state index in [0.717, 1.165) is 11.4 Å². The second kappa shape index (κ2) is 17.9. The zero-order valence-electron chi connectivity index (χ0n) is 30.0. The summed E-state index contributed by atoms with van der Waals surface area (Å²) >= 11 is 0. The Bertz CT molecular complexity index is 1440. The van der Waals surface area contributed by atoms with Crippen LogP contribution in [0.15, 0.2) is 135 Å². The molecular weight excluding hydrogens is 544 g/mol. The summed E-state index contributed by atoms with van der Waals surface area (Å²) in [6, 6.07) is 22.7. The van der Waals surface area contributed by atoms with Crippen molar-refractivity contribution in [2.45, 2.75) is 66.2 Å². The number of hydrogen-bond donors (Lipinski definition) is 0. The third-order valence-corrected chi connectivity index (χ3v) is 8.18. The van der Waals surface area contributed by atoms with Gasteiger partial charge in [-0.2, -0.15) is 0 Å². The summed E-state index contributed by atoms with van der Waals surface area (Å²) in [7, 11) is 6.27. The number of likely N-dealkylation sites (N-methyl/N-ethyl adjacent to an activating group) is 1. The zero-order chi connectivity index (χ0) is 34.4. The molecule has 0 aliphatic rings. The Kier molecular flexibility index (Phi) is 15.4. The predicted octanol–water partition coefficient (Wildman–Crippen LogP) is 11.7. The van der Waals surface area contributed by atoms with Crippen LogP contribution in [0.25, 0.3) is 0 Å². The molecule has 0 aliphatic heterocycles. The molecule has 0 radical (unpaired) electrons. The summed E-state index contributed by atoms with van der Waals surface area (Å²) in [6.07, 6.45) is 12.7. The van der Waals surface area contributed by atoms with Crippen LogP contribution in [0.2, 0.25) is 0 Å². The van der Waals surface area contributed by atoms with Gasteiger partial charge in [-0.1, -0.05) is 153 Å². The van der Waals surface area contributed by atoms with Gasteiger partial charge in [0, 0.05) is 49.0 Å². The van der Waals surface area contributed by atoms with Crippen LogP contribution in [-0.4, -0.2) is 21.1 Å². The molecule has 0 saturated carbocycles. The van der Waals surface area contributed by atoms with E-state index in [9.17, 15) is 0 Å². The maximum Gasteiger partial charge on any atom is 0.0420 e. The Labute approximate surface area is 276 Å². The summed E-state index contributed by atoms with van der Waals surface area (Å²) in [5.41, 5.74) is 11.0. The summed E-state index contributed by atoms with van der Waals surface area (Å²) in [5.74, 6) is 0. The second-order valence-electron chi connectivity index (χ2n) is 12.2. The van der Waals surface area contributed by atoms with E-state index < -0.39 is 0 Å². The predicted molar refractivity (Wildman–Crippen MR) is 205 cm³/mol. The molecule has 0 bridgehead atoms. The molecule has 2 heteroatoms. The van der Waals surface area contributed by atoms with Crippen LogP contribution >= 0.6 is 0 Å². The standard InChI is InChI=1S/C35H44N2.C6H8.C2H6/c1-12-13-15-27(4)37(11)32-20-18-28(19-21-32)34(5,6)29-16-14-17-30(24-29)35(7,8)31-22-25(2)33(36(9)10)26(3)23-31;1-3-5-6-4-2;1-2/h12-24H,1,4H2,2-3,5-11H3;3-6H,1-2H2;1-2H3/b15-13-;6-5-;. The van der Waals surface area contributed by atoms with E-state index in [1.165, 1.54) is 39.1 Å². The molecule has 3 aromatic carbocycles. The van der Waals surface area contributed by atoms with Crippen molar-refractivity contribution >= 4 is 11.4 Å². The normalized spacial score (nSPS) is 11.2. The summed E-state index contributed by atoms with van der Waals surface area (Å²) in [5, 5.41) is 0. The van der Waals surface area contributed by atoms with Crippen LogP contribution < -0.4 is 9.80 Å². The maximum atomic E-state index is 4.16. The van der Waals surface area contributed by atoms with Crippen molar-refractivity contribution in [3.05, 3.63) is 169 Å². The fourth-order valence-electron chi connectivity index (χ4n) is 5.37. The SMILES string of the molecule is C=C/C=C\C(=C)N(C)c1ccc(C(C)(C)c2cccc(C(C)(C)c3cc(C)c(N(C)C)c(C)c3)c2)cc1.C=C/C=C\C=C.CC. The first-order valence-electron chi connectivity index (χ1n) is 15.8. The molecule has 240 valence electrons. The number of nitrogens with zero attached hydrogens (tertiary/aromatic N) is 2.